The fraction of sp³-hybridized carbons (Fsp3) is 0.143. The number of nitrogens with one attached hydrogen (secondary N) is 1. The van der Waals surface area contributed by atoms with Crippen molar-refractivity contribution in [3.05, 3.63) is 24.0 Å². The van der Waals surface area contributed by atoms with Gasteiger partial charge in [-0.2, -0.15) is 4.99 Å². The normalized spacial score (nSPS) is 27.3. The van der Waals surface area contributed by atoms with Crippen LogP contribution in [0.4, 0.5) is 0 Å². The highest BCUT2D eigenvalue weighted by Crippen LogP contribution is 2.19. The number of amides is 1. The molecule has 2 aliphatic heterocycles. The lowest BCUT2D eigenvalue weighted by molar-refractivity contribution is -0.113. The number of nitrogens with zero attached hydrogens (tertiary/aromatic N) is 1. The Balaban J connectivity index is 2.41. The van der Waals surface area contributed by atoms with Gasteiger partial charge >= 0.3 is 0 Å². The van der Waals surface area contributed by atoms with Crippen LogP contribution in [0.15, 0.2) is 29.0 Å². The van der Waals surface area contributed by atoms with Gasteiger partial charge in [-0.1, -0.05) is 6.08 Å². The highest BCUT2D eigenvalue weighted by molar-refractivity contribution is 6.05. The molecule has 56 valence electrons. The van der Waals surface area contributed by atoms with Crippen LogP contribution in [0.2, 0.25) is 0 Å². The van der Waals surface area contributed by atoms with E-state index in [9.17, 15) is 4.79 Å². The van der Waals surface area contributed by atoms with Crippen molar-refractivity contribution < 1.29 is 4.79 Å². The Labute approximate surface area is 63.5 Å². The number of hydrogen-bond donors (Lipinski definition) is 2. The third-order valence-corrected chi connectivity index (χ3v) is 1.71. The van der Waals surface area contributed by atoms with Crippen LogP contribution in [0.5, 0.6) is 0 Å². The molecular formula is C7H7N3O. The molecule has 4 heteroatoms. The molecule has 0 aromatic carbocycles. The van der Waals surface area contributed by atoms with Crippen LogP contribution in [0.25, 0.3) is 0 Å². The zero-order chi connectivity index (χ0) is 7.84. The number of amidine groups is 1. The van der Waals surface area contributed by atoms with Gasteiger partial charge < -0.3 is 11.1 Å². The van der Waals surface area contributed by atoms with Gasteiger partial charge in [-0.3, -0.25) is 4.79 Å². The van der Waals surface area contributed by atoms with Gasteiger partial charge in [0, 0.05) is 11.8 Å². The second-order valence-electron chi connectivity index (χ2n) is 2.46. The van der Waals surface area contributed by atoms with Gasteiger partial charge in [0.25, 0.3) is 5.91 Å². The molecule has 0 aromatic rings. The SMILES string of the molecule is NC1=NC(=O)C=C2NC=CC21. The standard InChI is InChI=1S/C7H7N3O/c8-7-4-1-2-9-5(4)3-6(11)10-7/h1-4,9H,(H2,8,10,11). The first-order valence-electron chi connectivity index (χ1n) is 3.30. The Morgan fingerprint density at radius 1 is 1.64 bits per heavy atom. The molecule has 11 heavy (non-hydrogen) atoms. The zero-order valence-electron chi connectivity index (χ0n) is 5.74. The van der Waals surface area contributed by atoms with Crippen LogP contribution >= 0.6 is 0 Å². The summed E-state index contributed by atoms with van der Waals surface area (Å²) < 4.78 is 0. The zero-order valence-corrected chi connectivity index (χ0v) is 5.74. The smallest absolute Gasteiger partial charge is 0.273 e. The predicted molar refractivity (Wildman–Crippen MR) is 40.5 cm³/mol. The third kappa shape index (κ3) is 0.832. The van der Waals surface area contributed by atoms with E-state index in [4.69, 9.17) is 5.73 Å². The van der Waals surface area contributed by atoms with Crippen LogP contribution in [-0.4, -0.2) is 11.7 Å². The molecule has 0 aromatic heterocycles. The molecule has 1 unspecified atom stereocenters. The van der Waals surface area contributed by atoms with E-state index in [1.54, 1.807) is 6.20 Å². The van der Waals surface area contributed by atoms with Crippen molar-refractivity contribution in [1.82, 2.24) is 5.32 Å². The largest absolute Gasteiger partial charge is 0.386 e. The minimum atomic E-state index is -0.287. The fourth-order valence-electron chi connectivity index (χ4n) is 1.19. The van der Waals surface area contributed by atoms with Crippen molar-refractivity contribution >= 4 is 11.7 Å². The average Bonchev–Trinajstić information content (AvgIpc) is 2.34. The van der Waals surface area contributed by atoms with Gasteiger partial charge in [-0.05, 0) is 6.20 Å². The van der Waals surface area contributed by atoms with Crippen LogP contribution in [0, 0.1) is 5.92 Å². The Hall–Kier alpha value is -1.58. The summed E-state index contributed by atoms with van der Waals surface area (Å²) in [5, 5.41) is 2.92. The summed E-state index contributed by atoms with van der Waals surface area (Å²) in [6, 6.07) is 0. The Morgan fingerprint density at radius 3 is 3.27 bits per heavy atom. The molecule has 2 heterocycles. The maximum absolute atomic E-state index is 10.8. The maximum Gasteiger partial charge on any atom is 0.273 e. The first kappa shape index (κ1) is 6.15. The van der Waals surface area contributed by atoms with E-state index in [2.05, 4.69) is 10.3 Å². The number of fused-ring (bicyclic) bond motifs is 1. The van der Waals surface area contributed by atoms with Crippen LogP contribution in [0.3, 0.4) is 0 Å². The summed E-state index contributed by atoms with van der Waals surface area (Å²) >= 11 is 0. The lowest BCUT2D eigenvalue weighted by atomic mass is 10.0. The van der Waals surface area contributed by atoms with Crippen molar-refractivity contribution in [2.24, 2.45) is 16.6 Å². The number of nitrogens with two attached hydrogens (primary N) is 1. The summed E-state index contributed by atoms with van der Waals surface area (Å²) in [5.41, 5.74) is 6.33. The first-order valence-corrected chi connectivity index (χ1v) is 3.30. The third-order valence-electron chi connectivity index (χ3n) is 1.71. The second-order valence-corrected chi connectivity index (χ2v) is 2.46. The summed E-state index contributed by atoms with van der Waals surface area (Å²) in [7, 11) is 0. The minimum absolute atomic E-state index is 0.00676. The van der Waals surface area contributed by atoms with Crippen molar-refractivity contribution in [3.63, 3.8) is 0 Å². The molecule has 1 amide bonds. The van der Waals surface area contributed by atoms with Crippen molar-refractivity contribution in [2.75, 3.05) is 0 Å². The minimum Gasteiger partial charge on any atom is -0.386 e. The van der Waals surface area contributed by atoms with Crippen molar-refractivity contribution in [3.8, 4) is 0 Å². The summed E-state index contributed by atoms with van der Waals surface area (Å²) in [5.74, 6) is 0.0754. The van der Waals surface area contributed by atoms with Gasteiger partial charge in [0.15, 0.2) is 0 Å². The molecule has 0 aliphatic carbocycles. The molecule has 0 radical (unpaired) electrons. The van der Waals surface area contributed by atoms with Crippen LogP contribution < -0.4 is 11.1 Å². The Kier molecular flexibility index (Phi) is 1.09. The van der Waals surface area contributed by atoms with Gasteiger partial charge in [-0.25, -0.2) is 0 Å². The molecule has 0 saturated heterocycles. The molecule has 1 atom stereocenters. The van der Waals surface area contributed by atoms with E-state index in [0.29, 0.717) is 5.84 Å². The van der Waals surface area contributed by atoms with Crippen molar-refractivity contribution in [2.45, 2.75) is 0 Å². The molecule has 2 aliphatic rings. The van der Waals surface area contributed by atoms with Crippen molar-refractivity contribution in [1.29, 1.82) is 0 Å². The van der Waals surface area contributed by atoms with E-state index in [0.717, 1.165) is 5.70 Å². The second kappa shape index (κ2) is 1.95. The molecule has 0 bridgehead atoms. The molecule has 0 spiro atoms. The van der Waals surface area contributed by atoms with Gasteiger partial charge in [-0.15, -0.1) is 0 Å². The first-order chi connectivity index (χ1) is 5.27. The lowest BCUT2D eigenvalue weighted by Gasteiger charge is -2.13. The van der Waals surface area contributed by atoms with E-state index >= 15 is 0 Å². The van der Waals surface area contributed by atoms with Gasteiger partial charge in [0.05, 0.1) is 5.92 Å². The van der Waals surface area contributed by atoms with Gasteiger partial charge in [0.1, 0.15) is 5.84 Å². The molecule has 0 saturated carbocycles. The van der Waals surface area contributed by atoms with E-state index in [1.807, 2.05) is 6.08 Å². The predicted octanol–water partition coefficient (Wildman–Crippen LogP) is -0.499. The maximum atomic E-state index is 10.8. The monoisotopic (exact) mass is 149 g/mol. The number of aliphatic imine (C=N–C) groups is 1. The van der Waals surface area contributed by atoms with Gasteiger partial charge in [0.2, 0.25) is 0 Å². The number of rotatable bonds is 0. The molecule has 0 fully saturated rings. The lowest BCUT2D eigenvalue weighted by Crippen LogP contribution is -2.29. The number of dihydropyridines is 1. The topological polar surface area (TPSA) is 67.5 Å². The Morgan fingerprint density at radius 2 is 2.45 bits per heavy atom. The van der Waals surface area contributed by atoms with Crippen LogP contribution in [-0.2, 0) is 4.79 Å². The molecular weight excluding hydrogens is 142 g/mol. The van der Waals surface area contributed by atoms with Crippen LogP contribution in [0.1, 0.15) is 0 Å². The fourth-order valence-corrected chi connectivity index (χ4v) is 1.19. The number of hydrogen-bond acceptors (Lipinski definition) is 3. The van der Waals surface area contributed by atoms with E-state index in [-0.39, 0.29) is 11.8 Å². The van der Waals surface area contributed by atoms with E-state index in [1.165, 1.54) is 6.08 Å². The quantitative estimate of drug-likeness (QED) is 0.488. The highest BCUT2D eigenvalue weighted by Gasteiger charge is 2.24. The summed E-state index contributed by atoms with van der Waals surface area (Å²) in [6.45, 7) is 0. The highest BCUT2D eigenvalue weighted by atomic mass is 16.1. The van der Waals surface area contributed by atoms with E-state index < -0.39 is 0 Å². The summed E-state index contributed by atoms with van der Waals surface area (Å²) in [4.78, 5) is 14.4. The number of carbonyl (C=O) groups is 1. The summed E-state index contributed by atoms with van der Waals surface area (Å²) in [6.07, 6.45) is 5.09. The molecule has 3 N–H and O–H groups in total. The molecule has 4 nitrogen and oxygen atoms in total. The molecule has 2 rings (SSSR count). The average molecular weight is 149 g/mol. The Bertz CT molecular complexity index is 301. The number of carbonyl (C=O) groups excluding carboxylic acids is 1.